The van der Waals surface area contributed by atoms with E-state index in [0.717, 1.165) is 5.69 Å². The number of hydrogen-bond donors (Lipinski definition) is 1. The van der Waals surface area contributed by atoms with Crippen molar-refractivity contribution in [3.8, 4) is 5.69 Å². The van der Waals surface area contributed by atoms with Crippen LogP contribution in [0.5, 0.6) is 0 Å². The number of rotatable bonds is 1. The van der Waals surface area contributed by atoms with Gasteiger partial charge in [-0.1, -0.05) is 17.7 Å². The lowest BCUT2D eigenvalue weighted by Crippen LogP contribution is -2.03. The number of benzene rings is 1. The van der Waals surface area contributed by atoms with Gasteiger partial charge in [-0.05, 0) is 31.9 Å². The third-order valence-corrected chi connectivity index (χ3v) is 2.54. The predicted octanol–water partition coefficient (Wildman–Crippen LogP) is 2.38. The molecule has 0 atom stereocenters. The molecule has 0 amide bonds. The van der Waals surface area contributed by atoms with Crippen LogP contribution >= 0.6 is 0 Å². The van der Waals surface area contributed by atoms with Crippen molar-refractivity contribution in [2.75, 3.05) is 5.73 Å². The maximum atomic E-state index is 5.85. The first-order valence-corrected chi connectivity index (χ1v) is 4.95. The van der Waals surface area contributed by atoms with Crippen molar-refractivity contribution in [3.05, 3.63) is 41.3 Å². The summed E-state index contributed by atoms with van der Waals surface area (Å²) in [5, 5.41) is 0. The number of anilines is 1. The van der Waals surface area contributed by atoms with Crippen LogP contribution in [0.2, 0.25) is 0 Å². The summed E-state index contributed by atoms with van der Waals surface area (Å²) in [4.78, 5) is 4.04. The Morgan fingerprint density at radius 1 is 1.13 bits per heavy atom. The van der Waals surface area contributed by atoms with E-state index in [1.54, 1.807) is 12.5 Å². The van der Waals surface area contributed by atoms with E-state index in [4.69, 9.17) is 5.73 Å². The Morgan fingerprint density at radius 3 is 2.20 bits per heavy atom. The molecular weight excluding hydrogens is 186 g/mol. The molecule has 2 rings (SSSR count). The molecule has 0 aliphatic rings. The summed E-state index contributed by atoms with van der Waals surface area (Å²) in [5.41, 5.74) is 10.7. The van der Waals surface area contributed by atoms with Crippen LogP contribution in [0.3, 0.4) is 0 Å². The van der Waals surface area contributed by atoms with Gasteiger partial charge >= 0.3 is 0 Å². The van der Waals surface area contributed by atoms with Gasteiger partial charge in [-0.25, -0.2) is 4.98 Å². The summed E-state index contributed by atoms with van der Waals surface area (Å²) in [6, 6.07) is 4.31. The minimum atomic E-state index is 0.671. The fourth-order valence-electron chi connectivity index (χ4n) is 2.04. The fraction of sp³-hybridized carbons (Fsp3) is 0.250. The van der Waals surface area contributed by atoms with E-state index in [1.165, 1.54) is 16.7 Å². The van der Waals surface area contributed by atoms with Crippen LogP contribution < -0.4 is 5.73 Å². The number of nitrogens with zero attached hydrogens (tertiary/aromatic N) is 2. The summed E-state index contributed by atoms with van der Waals surface area (Å²) >= 11 is 0. The third-order valence-electron chi connectivity index (χ3n) is 2.54. The number of nitrogens with two attached hydrogens (primary N) is 1. The second kappa shape index (κ2) is 3.42. The van der Waals surface area contributed by atoms with Crippen LogP contribution in [-0.4, -0.2) is 9.55 Å². The normalized spacial score (nSPS) is 10.6. The van der Waals surface area contributed by atoms with Gasteiger partial charge in [-0.15, -0.1) is 0 Å². The lowest BCUT2D eigenvalue weighted by molar-refractivity contribution is 1.03. The predicted molar refractivity (Wildman–Crippen MR) is 62.2 cm³/mol. The van der Waals surface area contributed by atoms with Crippen molar-refractivity contribution in [2.24, 2.45) is 0 Å². The molecule has 0 saturated carbocycles. The lowest BCUT2D eigenvalue weighted by Gasteiger charge is -2.13. The van der Waals surface area contributed by atoms with Gasteiger partial charge < -0.3 is 5.73 Å². The van der Waals surface area contributed by atoms with Gasteiger partial charge in [-0.2, -0.15) is 0 Å². The molecule has 3 heteroatoms. The largest absolute Gasteiger partial charge is 0.383 e. The van der Waals surface area contributed by atoms with Gasteiger partial charge in [0.25, 0.3) is 0 Å². The van der Waals surface area contributed by atoms with Crippen molar-refractivity contribution < 1.29 is 0 Å². The first-order valence-electron chi connectivity index (χ1n) is 4.95. The molecule has 0 aliphatic heterocycles. The molecule has 1 heterocycles. The molecule has 1 aromatic carbocycles. The van der Waals surface area contributed by atoms with Crippen molar-refractivity contribution in [1.82, 2.24) is 9.55 Å². The summed E-state index contributed by atoms with van der Waals surface area (Å²) in [6.45, 7) is 6.28. The van der Waals surface area contributed by atoms with Gasteiger partial charge in [0.05, 0.1) is 11.9 Å². The SMILES string of the molecule is Cc1cc(C)c(-n2cncc2N)c(C)c1. The molecule has 0 radical (unpaired) electrons. The van der Waals surface area contributed by atoms with Crippen LogP contribution in [0, 0.1) is 20.8 Å². The van der Waals surface area contributed by atoms with E-state index in [-0.39, 0.29) is 0 Å². The number of aromatic nitrogens is 2. The molecule has 78 valence electrons. The van der Waals surface area contributed by atoms with E-state index in [0.29, 0.717) is 5.82 Å². The number of imidazole rings is 1. The fourth-order valence-corrected chi connectivity index (χ4v) is 2.04. The zero-order valence-corrected chi connectivity index (χ0v) is 9.28. The number of hydrogen-bond acceptors (Lipinski definition) is 2. The average Bonchev–Trinajstić information content (AvgIpc) is 2.50. The average molecular weight is 201 g/mol. The Labute approximate surface area is 89.6 Å². The summed E-state index contributed by atoms with van der Waals surface area (Å²) in [6.07, 6.45) is 3.42. The first kappa shape index (κ1) is 9.77. The highest BCUT2D eigenvalue weighted by Crippen LogP contribution is 2.22. The molecule has 0 aliphatic carbocycles. The molecule has 0 unspecified atom stereocenters. The second-order valence-corrected chi connectivity index (χ2v) is 3.94. The molecule has 1 aromatic heterocycles. The number of nitrogen functional groups attached to an aromatic ring is 1. The zero-order valence-electron chi connectivity index (χ0n) is 9.28. The Bertz CT molecular complexity index is 474. The minimum Gasteiger partial charge on any atom is -0.383 e. The van der Waals surface area contributed by atoms with Gasteiger partial charge in [0.2, 0.25) is 0 Å². The monoisotopic (exact) mass is 201 g/mol. The van der Waals surface area contributed by atoms with Crippen molar-refractivity contribution in [1.29, 1.82) is 0 Å². The first-order chi connectivity index (χ1) is 7.09. The topological polar surface area (TPSA) is 43.8 Å². The van der Waals surface area contributed by atoms with E-state index >= 15 is 0 Å². The lowest BCUT2D eigenvalue weighted by atomic mass is 10.1. The molecule has 0 saturated heterocycles. The van der Waals surface area contributed by atoms with E-state index in [9.17, 15) is 0 Å². The van der Waals surface area contributed by atoms with Crippen LogP contribution in [0.25, 0.3) is 5.69 Å². The highest BCUT2D eigenvalue weighted by molar-refractivity contribution is 5.53. The molecule has 2 aromatic rings. The van der Waals surface area contributed by atoms with Gasteiger partial charge in [0, 0.05) is 0 Å². The summed E-state index contributed by atoms with van der Waals surface area (Å²) < 4.78 is 1.92. The molecule has 0 bridgehead atoms. The highest BCUT2D eigenvalue weighted by atomic mass is 15.1. The Morgan fingerprint density at radius 2 is 1.73 bits per heavy atom. The van der Waals surface area contributed by atoms with Crippen LogP contribution in [0.4, 0.5) is 5.82 Å². The maximum Gasteiger partial charge on any atom is 0.127 e. The molecule has 3 nitrogen and oxygen atoms in total. The van der Waals surface area contributed by atoms with Crippen LogP contribution in [-0.2, 0) is 0 Å². The van der Waals surface area contributed by atoms with E-state index in [1.807, 2.05) is 4.57 Å². The third kappa shape index (κ3) is 1.61. The molecule has 0 fully saturated rings. The maximum absolute atomic E-state index is 5.85. The second-order valence-electron chi connectivity index (χ2n) is 3.94. The van der Waals surface area contributed by atoms with Gasteiger partial charge in [0.15, 0.2) is 0 Å². The summed E-state index contributed by atoms with van der Waals surface area (Å²) in [5.74, 6) is 0.671. The highest BCUT2D eigenvalue weighted by Gasteiger charge is 2.07. The Balaban J connectivity index is 2.68. The van der Waals surface area contributed by atoms with Gasteiger partial charge in [-0.3, -0.25) is 4.57 Å². The molecular formula is C12H15N3. The number of aryl methyl sites for hydroxylation is 3. The standard InChI is InChI=1S/C12H15N3/c1-8-4-9(2)12(10(3)5-8)15-7-14-6-11(15)13/h4-7H,13H2,1-3H3. The Kier molecular flexibility index (Phi) is 2.23. The summed E-state index contributed by atoms with van der Waals surface area (Å²) in [7, 11) is 0. The van der Waals surface area contributed by atoms with Crippen LogP contribution in [0.1, 0.15) is 16.7 Å². The van der Waals surface area contributed by atoms with E-state index < -0.39 is 0 Å². The quantitative estimate of drug-likeness (QED) is 0.769. The van der Waals surface area contributed by atoms with Crippen molar-refractivity contribution in [2.45, 2.75) is 20.8 Å². The van der Waals surface area contributed by atoms with Gasteiger partial charge in [0.1, 0.15) is 12.1 Å². The Hall–Kier alpha value is -1.77. The van der Waals surface area contributed by atoms with E-state index in [2.05, 4.69) is 37.9 Å². The van der Waals surface area contributed by atoms with Crippen molar-refractivity contribution >= 4 is 5.82 Å². The molecule has 0 spiro atoms. The van der Waals surface area contributed by atoms with Crippen LogP contribution in [0.15, 0.2) is 24.7 Å². The smallest absolute Gasteiger partial charge is 0.127 e. The zero-order chi connectivity index (χ0) is 11.0. The minimum absolute atomic E-state index is 0.671. The molecule has 2 N–H and O–H groups in total. The molecule has 15 heavy (non-hydrogen) atoms. The van der Waals surface area contributed by atoms with Crippen molar-refractivity contribution in [3.63, 3.8) is 0 Å².